The van der Waals surface area contributed by atoms with Crippen LogP contribution in [0.4, 0.5) is 0 Å². The smallest absolute Gasteiger partial charge is 0.308 e. The molecule has 2 N–H and O–H groups in total. The Morgan fingerprint density at radius 1 is 1.27 bits per heavy atom. The van der Waals surface area contributed by atoms with Crippen molar-refractivity contribution in [3.63, 3.8) is 0 Å². The van der Waals surface area contributed by atoms with E-state index in [0.717, 1.165) is 5.56 Å². The topological polar surface area (TPSA) is 105 Å². The Labute approximate surface area is 156 Å². The van der Waals surface area contributed by atoms with Gasteiger partial charge in [-0.2, -0.15) is 4.98 Å². The van der Waals surface area contributed by atoms with Crippen molar-refractivity contribution >= 4 is 23.5 Å². The van der Waals surface area contributed by atoms with Crippen molar-refractivity contribution in [3.05, 3.63) is 35.2 Å². The third kappa shape index (κ3) is 6.15. The fourth-order valence-electron chi connectivity index (χ4n) is 2.46. The van der Waals surface area contributed by atoms with E-state index in [4.69, 9.17) is 16.1 Å². The van der Waals surface area contributed by atoms with Crippen molar-refractivity contribution < 1.29 is 19.2 Å². The summed E-state index contributed by atoms with van der Waals surface area (Å²) in [4.78, 5) is 27.4. The van der Waals surface area contributed by atoms with E-state index in [9.17, 15) is 14.7 Å². The van der Waals surface area contributed by atoms with Crippen molar-refractivity contribution in [2.45, 2.75) is 33.1 Å². The Balaban J connectivity index is 1.82. The molecule has 0 spiro atoms. The van der Waals surface area contributed by atoms with Gasteiger partial charge in [0.25, 0.3) is 0 Å². The van der Waals surface area contributed by atoms with Gasteiger partial charge in [-0.1, -0.05) is 30.6 Å². The van der Waals surface area contributed by atoms with E-state index in [0.29, 0.717) is 23.2 Å². The van der Waals surface area contributed by atoms with Crippen LogP contribution in [0.3, 0.4) is 0 Å². The van der Waals surface area contributed by atoms with Crippen LogP contribution in [0.2, 0.25) is 5.02 Å². The van der Waals surface area contributed by atoms with Crippen LogP contribution in [-0.4, -0.2) is 33.7 Å². The molecular weight excluding hydrogens is 358 g/mol. The first-order valence-electron chi connectivity index (χ1n) is 8.43. The number of amides is 1. The Kier molecular flexibility index (Phi) is 7.15. The van der Waals surface area contributed by atoms with E-state index in [2.05, 4.69) is 15.5 Å². The van der Waals surface area contributed by atoms with Crippen LogP contribution in [0.5, 0.6) is 0 Å². The number of nitrogens with zero attached hydrogens (tertiary/aromatic N) is 2. The number of halogens is 1. The van der Waals surface area contributed by atoms with Crippen LogP contribution in [0, 0.1) is 11.8 Å². The number of carbonyl (C=O) groups excluding carboxylic acids is 1. The van der Waals surface area contributed by atoms with Gasteiger partial charge >= 0.3 is 5.97 Å². The van der Waals surface area contributed by atoms with Gasteiger partial charge in [0.05, 0.1) is 5.92 Å². The molecule has 1 aromatic carbocycles. The zero-order valence-corrected chi connectivity index (χ0v) is 15.5. The molecule has 0 radical (unpaired) electrons. The molecule has 0 aliphatic rings. The van der Waals surface area contributed by atoms with Crippen LogP contribution < -0.4 is 5.32 Å². The van der Waals surface area contributed by atoms with Gasteiger partial charge in [-0.05, 0) is 36.6 Å². The number of aliphatic carboxylic acids is 1. The second-order valence-electron chi connectivity index (χ2n) is 6.49. The molecule has 1 atom stereocenters. The Morgan fingerprint density at radius 3 is 2.58 bits per heavy atom. The zero-order chi connectivity index (χ0) is 19.1. The van der Waals surface area contributed by atoms with E-state index < -0.39 is 11.9 Å². The first-order valence-corrected chi connectivity index (χ1v) is 8.81. The molecule has 7 nitrogen and oxygen atoms in total. The van der Waals surface area contributed by atoms with Gasteiger partial charge in [0.1, 0.15) is 0 Å². The molecular formula is C18H22ClN3O4. The minimum atomic E-state index is -0.900. The van der Waals surface area contributed by atoms with Crippen LogP contribution >= 0.6 is 11.6 Å². The van der Waals surface area contributed by atoms with Gasteiger partial charge in [-0.25, -0.2) is 0 Å². The summed E-state index contributed by atoms with van der Waals surface area (Å²) in [6, 6.07) is 7.03. The van der Waals surface area contributed by atoms with Gasteiger partial charge in [-0.3, -0.25) is 9.59 Å². The molecule has 1 unspecified atom stereocenters. The fourth-order valence-corrected chi connectivity index (χ4v) is 2.58. The number of aryl methyl sites for hydroxylation is 1. The first kappa shape index (κ1) is 19.9. The summed E-state index contributed by atoms with van der Waals surface area (Å²) in [6.07, 6.45) is 0.953. The lowest BCUT2D eigenvalue weighted by atomic mass is 9.97. The summed E-state index contributed by atoms with van der Waals surface area (Å²) >= 11 is 5.84. The SMILES string of the molecule is CC(C)CC(CNC(=O)CCc1nc(-c2ccc(Cl)cc2)no1)C(=O)O. The number of hydrogen-bond donors (Lipinski definition) is 2. The molecule has 8 heteroatoms. The number of carboxylic acids is 1. The Hall–Kier alpha value is -2.41. The highest BCUT2D eigenvalue weighted by Crippen LogP contribution is 2.19. The Morgan fingerprint density at radius 2 is 1.96 bits per heavy atom. The highest BCUT2D eigenvalue weighted by atomic mass is 35.5. The predicted octanol–water partition coefficient (Wildman–Crippen LogP) is 3.19. The lowest BCUT2D eigenvalue weighted by Crippen LogP contribution is -2.33. The number of carboxylic acid groups (broad SMARTS) is 1. The third-order valence-electron chi connectivity index (χ3n) is 3.79. The van der Waals surface area contributed by atoms with Crippen LogP contribution in [0.25, 0.3) is 11.4 Å². The minimum absolute atomic E-state index is 0.117. The van der Waals surface area contributed by atoms with Crippen molar-refractivity contribution in [2.75, 3.05) is 6.54 Å². The molecule has 0 saturated carbocycles. The average Bonchev–Trinajstić information content (AvgIpc) is 3.06. The number of carbonyl (C=O) groups is 2. The van der Waals surface area contributed by atoms with Gasteiger partial charge in [0, 0.05) is 30.0 Å². The van der Waals surface area contributed by atoms with Gasteiger partial charge in [-0.15, -0.1) is 0 Å². The summed E-state index contributed by atoms with van der Waals surface area (Å²) in [7, 11) is 0. The minimum Gasteiger partial charge on any atom is -0.481 e. The first-order chi connectivity index (χ1) is 12.3. The molecule has 0 aliphatic heterocycles. The quantitative estimate of drug-likeness (QED) is 0.693. The molecule has 2 aromatic rings. The van der Waals surface area contributed by atoms with Crippen molar-refractivity contribution in [1.82, 2.24) is 15.5 Å². The maximum absolute atomic E-state index is 11.9. The average molecular weight is 380 g/mol. The molecule has 0 bridgehead atoms. The number of benzene rings is 1. The van der Waals surface area contributed by atoms with E-state index >= 15 is 0 Å². The molecule has 26 heavy (non-hydrogen) atoms. The summed E-state index contributed by atoms with van der Waals surface area (Å²) in [5, 5.41) is 16.3. The molecule has 1 heterocycles. The van der Waals surface area contributed by atoms with E-state index in [1.165, 1.54) is 0 Å². The van der Waals surface area contributed by atoms with Gasteiger partial charge < -0.3 is 14.9 Å². The highest BCUT2D eigenvalue weighted by molar-refractivity contribution is 6.30. The van der Waals surface area contributed by atoms with E-state index in [1.807, 2.05) is 13.8 Å². The summed E-state index contributed by atoms with van der Waals surface area (Å²) in [6.45, 7) is 4.02. The van der Waals surface area contributed by atoms with Gasteiger partial charge in [0.15, 0.2) is 0 Å². The number of nitrogens with one attached hydrogen (secondary N) is 1. The molecule has 1 amide bonds. The molecule has 2 rings (SSSR count). The Bertz CT molecular complexity index is 743. The summed E-state index contributed by atoms with van der Waals surface area (Å²) < 4.78 is 5.15. The normalized spacial score (nSPS) is 12.2. The lowest BCUT2D eigenvalue weighted by molar-refractivity contribution is -0.142. The highest BCUT2D eigenvalue weighted by Gasteiger charge is 2.20. The summed E-state index contributed by atoms with van der Waals surface area (Å²) in [5.74, 6) is -0.701. The maximum atomic E-state index is 11.9. The number of aromatic nitrogens is 2. The van der Waals surface area contributed by atoms with Crippen molar-refractivity contribution in [3.8, 4) is 11.4 Å². The summed E-state index contributed by atoms with van der Waals surface area (Å²) in [5.41, 5.74) is 0.770. The lowest BCUT2D eigenvalue weighted by Gasteiger charge is -2.15. The fraction of sp³-hybridized carbons (Fsp3) is 0.444. The third-order valence-corrected chi connectivity index (χ3v) is 4.04. The van der Waals surface area contributed by atoms with Crippen LogP contribution in [-0.2, 0) is 16.0 Å². The van der Waals surface area contributed by atoms with Crippen LogP contribution in [0.15, 0.2) is 28.8 Å². The molecule has 1 aromatic heterocycles. The number of hydrogen-bond acceptors (Lipinski definition) is 5. The van der Waals surface area contributed by atoms with E-state index in [1.54, 1.807) is 24.3 Å². The van der Waals surface area contributed by atoms with Gasteiger partial charge in [0.2, 0.25) is 17.6 Å². The van der Waals surface area contributed by atoms with Crippen molar-refractivity contribution in [2.24, 2.45) is 11.8 Å². The monoisotopic (exact) mass is 379 g/mol. The second kappa shape index (κ2) is 9.33. The van der Waals surface area contributed by atoms with Crippen molar-refractivity contribution in [1.29, 1.82) is 0 Å². The van der Waals surface area contributed by atoms with Crippen LogP contribution in [0.1, 0.15) is 32.6 Å². The zero-order valence-electron chi connectivity index (χ0n) is 14.7. The molecule has 0 saturated heterocycles. The maximum Gasteiger partial charge on any atom is 0.308 e. The second-order valence-corrected chi connectivity index (χ2v) is 6.92. The standard InChI is InChI=1S/C18H22ClN3O4/c1-11(2)9-13(18(24)25)10-20-15(23)7-8-16-21-17(22-26-16)12-3-5-14(19)6-4-12/h3-6,11,13H,7-10H2,1-2H3,(H,20,23)(H,24,25). The molecule has 0 aliphatic carbocycles. The predicted molar refractivity (Wildman–Crippen MR) is 96.7 cm³/mol. The number of rotatable bonds is 9. The molecule has 0 fully saturated rings. The van der Waals surface area contributed by atoms with E-state index in [-0.39, 0.29) is 31.2 Å². The molecule has 140 valence electrons. The largest absolute Gasteiger partial charge is 0.481 e.